The van der Waals surface area contributed by atoms with Gasteiger partial charge in [0.15, 0.2) is 0 Å². The first-order valence-corrected chi connectivity index (χ1v) is 6.37. The zero-order valence-electron chi connectivity index (χ0n) is 11.6. The van der Waals surface area contributed by atoms with Gasteiger partial charge in [0.25, 0.3) is 0 Å². The van der Waals surface area contributed by atoms with E-state index in [1.165, 1.54) is 5.56 Å². The average Bonchev–Trinajstić information content (AvgIpc) is 2.33. The number of rotatable bonds is 4. The minimum Gasteiger partial charge on any atom is -0.480 e. The number of hydrogen-bond donors (Lipinski definition) is 1. The maximum absolute atomic E-state index is 10.7. The quantitative estimate of drug-likeness (QED) is 0.923. The zero-order chi connectivity index (χ0) is 13.0. The number of hydrogen-bond acceptors (Lipinski definition) is 3. The van der Waals surface area contributed by atoms with Crippen molar-refractivity contribution in [2.75, 3.05) is 26.2 Å². The van der Waals surface area contributed by atoms with Crippen LogP contribution in [0.15, 0.2) is 30.3 Å². The molecule has 114 valence electrons. The lowest BCUT2D eigenvalue weighted by atomic mass is 10.1. The second-order valence-corrected chi connectivity index (χ2v) is 4.93. The normalized spacial score (nSPS) is 19.8. The fourth-order valence-electron chi connectivity index (χ4n) is 2.46. The van der Waals surface area contributed by atoms with Gasteiger partial charge < -0.3 is 5.11 Å². The highest BCUT2D eigenvalue weighted by atomic mass is 35.5. The van der Waals surface area contributed by atoms with Crippen LogP contribution in [-0.2, 0) is 11.3 Å². The van der Waals surface area contributed by atoms with Crippen molar-refractivity contribution in [3.8, 4) is 0 Å². The molecule has 1 N–H and O–H groups in total. The minimum atomic E-state index is -0.738. The molecular weight excluding hydrogens is 299 g/mol. The van der Waals surface area contributed by atoms with Crippen LogP contribution >= 0.6 is 24.8 Å². The van der Waals surface area contributed by atoms with Gasteiger partial charge in [-0.2, -0.15) is 0 Å². The van der Waals surface area contributed by atoms with Gasteiger partial charge in [-0.1, -0.05) is 30.3 Å². The average molecular weight is 321 g/mol. The van der Waals surface area contributed by atoms with E-state index in [1.54, 1.807) is 0 Å². The summed E-state index contributed by atoms with van der Waals surface area (Å²) in [6.07, 6.45) is 0. The molecule has 1 saturated heterocycles. The zero-order valence-corrected chi connectivity index (χ0v) is 13.2. The van der Waals surface area contributed by atoms with E-state index in [-0.39, 0.29) is 31.4 Å². The second-order valence-electron chi connectivity index (χ2n) is 4.93. The number of carboxylic acids is 1. The molecule has 4 nitrogen and oxygen atoms in total. The van der Waals surface area contributed by atoms with Crippen molar-refractivity contribution >= 4 is 30.8 Å². The first-order chi connectivity index (χ1) is 8.65. The first kappa shape index (κ1) is 19.2. The molecule has 0 radical (unpaired) electrons. The van der Waals surface area contributed by atoms with Crippen molar-refractivity contribution < 1.29 is 9.90 Å². The number of carbonyl (C=O) groups is 1. The summed E-state index contributed by atoms with van der Waals surface area (Å²) in [5.41, 5.74) is 1.32. The molecule has 0 unspecified atom stereocenters. The molecule has 1 aliphatic rings. The Hall–Kier alpha value is -0.810. The highest BCUT2D eigenvalue weighted by Gasteiger charge is 2.24. The Morgan fingerprint density at radius 2 is 1.90 bits per heavy atom. The lowest BCUT2D eigenvalue weighted by Crippen LogP contribution is -2.52. The molecule has 1 aliphatic heterocycles. The van der Waals surface area contributed by atoms with Crippen LogP contribution in [0, 0.1) is 0 Å². The largest absolute Gasteiger partial charge is 0.480 e. The lowest BCUT2D eigenvalue weighted by molar-refractivity contribution is -0.139. The molecule has 1 fully saturated rings. The van der Waals surface area contributed by atoms with E-state index in [4.69, 9.17) is 5.11 Å². The van der Waals surface area contributed by atoms with Gasteiger partial charge >= 0.3 is 5.97 Å². The molecule has 6 heteroatoms. The molecule has 0 aliphatic carbocycles. The lowest BCUT2D eigenvalue weighted by Gasteiger charge is -2.39. The molecule has 1 heterocycles. The molecule has 0 amide bonds. The molecule has 2 rings (SSSR count). The summed E-state index contributed by atoms with van der Waals surface area (Å²) in [4.78, 5) is 15.1. The van der Waals surface area contributed by atoms with E-state index in [1.807, 2.05) is 11.0 Å². The maximum atomic E-state index is 10.7. The SMILES string of the molecule is C[C@@H]1CN(Cc2ccccc2)CCN1CC(=O)O.Cl.Cl. The van der Waals surface area contributed by atoms with Crippen molar-refractivity contribution in [1.29, 1.82) is 0 Å². The fourth-order valence-corrected chi connectivity index (χ4v) is 2.46. The van der Waals surface area contributed by atoms with Crippen LogP contribution in [0.5, 0.6) is 0 Å². The van der Waals surface area contributed by atoms with Crippen LogP contribution in [0.2, 0.25) is 0 Å². The van der Waals surface area contributed by atoms with Crippen LogP contribution in [-0.4, -0.2) is 53.1 Å². The van der Waals surface area contributed by atoms with Crippen molar-refractivity contribution in [2.24, 2.45) is 0 Å². The summed E-state index contributed by atoms with van der Waals surface area (Å²) < 4.78 is 0. The first-order valence-electron chi connectivity index (χ1n) is 6.37. The van der Waals surface area contributed by atoms with E-state index in [0.717, 1.165) is 26.2 Å². The van der Waals surface area contributed by atoms with E-state index in [0.29, 0.717) is 6.04 Å². The van der Waals surface area contributed by atoms with Gasteiger partial charge in [0.05, 0.1) is 6.54 Å². The van der Waals surface area contributed by atoms with Crippen LogP contribution in [0.1, 0.15) is 12.5 Å². The minimum absolute atomic E-state index is 0. The third kappa shape index (κ3) is 5.67. The van der Waals surface area contributed by atoms with Gasteiger partial charge in [0.1, 0.15) is 0 Å². The highest BCUT2D eigenvalue weighted by Crippen LogP contribution is 2.12. The van der Waals surface area contributed by atoms with Gasteiger partial charge in [0.2, 0.25) is 0 Å². The molecule has 20 heavy (non-hydrogen) atoms. The van der Waals surface area contributed by atoms with Gasteiger partial charge in [-0.15, -0.1) is 24.8 Å². The van der Waals surface area contributed by atoms with Gasteiger partial charge in [-0.3, -0.25) is 14.6 Å². The third-order valence-corrected chi connectivity index (χ3v) is 3.44. The van der Waals surface area contributed by atoms with Crippen molar-refractivity contribution in [2.45, 2.75) is 19.5 Å². The third-order valence-electron chi connectivity index (χ3n) is 3.44. The predicted octanol–water partition coefficient (Wildman–Crippen LogP) is 2.12. The Morgan fingerprint density at radius 1 is 1.25 bits per heavy atom. The Labute approximate surface area is 132 Å². The monoisotopic (exact) mass is 320 g/mol. The molecule has 1 aromatic rings. The van der Waals surface area contributed by atoms with E-state index in [9.17, 15) is 4.79 Å². The second kappa shape index (κ2) is 9.19. The summed E-state index contributed by atoms with van der Waals surface area (Å²) in [6.45, 7) is 5.90. The molecule has 1 atom stereocenters. The van der Waals surface area contributed by atoms with Gasteiger partial charge in [-0.05, 0) is 12.5 Å². The molecule has 0 aromatic heterocycles. The highest BCUT2D eigenvalue weighted by molar-refractivity contribution is 5.85. The number of aliphatic carboxylic acids is 1. The maximum Gasteiger partial charge on any atom is 0.317 e. The number of halogens is 2. The van der Waals surface area contributed by atoms with Crippen LogP contribution in [0.25, 0.3) is 0 Å². The fraction of sp³-hybridized carbons (Fsp3) is 0.500. The Kier molecular flexibility index (Phi) is 8.81. The molecule has 0 bridgehead atoms. The Bertz CT molecular complexity index is 403. The number of benzene rings is 1. The smallest absolute Gasteiger partial charge is 0.317 e. The molecular formula is C14H22Cl2N2O2. The number of carboxylic acid groups (broad SMARTS) is 1. The van der Waals surface area contributed by atoms with E-state index >= 15 is 0 Å². The summed E-state index contributed by atoms with van der Waals surface area (Å²) in [6, 6.07) is 10.7. The van der Waals surface area contributed by atoms with Crippen LogP contribution in [0.3, 0.4) is 0 Å². The van der Waals surface area contributed by atoms with Gasteiger partial charge in [0, 0.05) is 32.2 Å². The summed E-state index contributed by atoms with van der Waals surface area (Å²) in [7, 11) is 0. The van der Waals surface area contributed by atoms with Gasteiger partial charge in [-0.25, -0.2) is 0 Å². The Morgan fingerprint density at radius 3 is 2.45 bits per heavy atom. The summed E-state index contributed by atoms with van der Waals surface area (Å²) >= 11 is 0. The number of nitrogens with zero attached hydrogens (tertiary/aromatic N) is 2. The standard InChI is InChI=1S/C14H20N2O2.2ClH/c1-12-9-15(7-8-16(12)11-14(17)18)10-13-5-3-2-4-6-13;;/h2-6,12H,7-11H2,1H3,(H,17,18);2*1H/t12-;;/m1../s1. The van der Waals surface area contributed by atoms with Crippen molar-refractivity contribution in [1.82, 2.24) is 9.80 Å². The number of piperazine rings is 1. The topological polar surface area (TPSA) is 43.8 Å². The molecule has 0 spiro atoms. The predicted molar refractivity (Wildman–Crippen MR) is 84.9 cm³/mol. The van der Waals surface area contributed by atoms with Crippen LogP contribution in [0.4, 0.5) is 0 Å². The summed E-state index contributed by atoms with van der Waals surface area (Å²) in [5, 5.41) is 8.83. The van der Waals surface area contributed by atoms with E-state index in [2.05, 4.69) is 36.1 Å². The summed E-state index contributed by atoms with van der Waals surface area (Å²) in [5.74, 6) is -0.738. The Balaban J connectivity index is 0.00000180. The van der Waals surface area contributed by atoms with Crippen molar-refractivity contribution in [3.05, 3.63) is 35.9 Å². The molecule has 1 aromatic carbocycles. The van der Waals surface area contributed by atoms with Crippen LogP contribution < -0.4 is 0 Å². The van der Waals surface area contributed by atoms with E-state index < -0.39 is 5.97 Å². The van der Waals surface area contributed by atoms with Crippen molar-refractivity contribution in [3.63, 3.8) is 0 Å². The molecule has 0 saturated carbocycles.